The third kappa shape index (κ3) is 3.79. The number of esters is 2. The topological polar surface area (TPSA) is 82.1 Å². The van der Waals surface area contributed by atoms with Crippen LogP contribution < -0.4 is 0 Å². The number of hydrogen-bond acceptors (Lipinski definition) is 6. The van der Waals surface area contributed by atoms with E-state index in [9.17, 15) is 14.7 Å². The number of carbonyl (C=O) groups excluding carboxylic acids is 2. The molecule has 0 aromatic heterocycles. The average molecular weight is 280 g/mol. The van der Waals surface area contributed by atoms with E-state index in [1.807, 2.05) is 0 Å². The van der Waals surface area contributed by atoms with Gasteiger partial charge in [0.1, 0.15) is 6.61 Å². The van der Waals surface area contributed by atoms with Crippen molar-refractivity contribution in [3.05, 3.63) is 35.9 Å². The van der Waals surface area contributed by atoms with Crippen LogP contribution in [0.5, 0.6) is 0 Å². The van der Waals surface area contributed by atoms with E-state index in [0.717, 1.165) is 0 Å². The van der Waals surface area contributed by atoms with Crippen LogP contribution in [0.1, 0.15) is 23.7 Å². The van der Waals surface area contributed by atoms with E-state index in [4.69, 9.17) is 14.2 Å². The first-order valence-corrected chi connectivity index (χ1v) is 6.29. The third-order valence-corrected chi connectivity index (χ3v) is 2.87. The Labute approximate surface area is 116 Å². The Morgan fingerprint density at radius 3 is 2.70 bits per heavy atom. The van der Waals surface area contributed by atoms with Gasteiger partial charge < -0.3 is 19.3 Å². The molecule has 0 radical (unpaired) electrons. The van der Waals surface area contributed by atoms with Crippen molar-refractivity contribution in [2.75, 3.05) is 6.61 Å². The number of ether oxygens (including phenoxy) is 3. The minimum Gasteiger partial charge on any atom is -0.459 e. The Bertz CT molecular complexity index is 472. The molecule has 108 valence electrons. The van der Waals surface area contributed by atoms with Crippen LogP contribution in [-0.4, -0.2) is 42.1 Å². The summed E-state index contributed by atoms with van der Waals surface area (Å²) in [6.45, 7) is 1.26. The zero-order chi connectivity index (χ0) is 14.5. The lowest BCUT2D eigenvalue weighted by molar-refractivity contribution is -0.168. The van der Waals surface area contributed by atoms with Gasteiger partial charge in [-0.05, 0) is 12.1 Å². The van der Waals surface area contributed by atoms with Crippen molar-refractivity contribution in [2.24, 2.45) is 0 Å². The molecule has 6 nitrogen and oxygen atoms in total. The monoisotopic (exact) mass is 280 g/mol. The first kappa shape index (κ1) is 14.5. The van der Waals surface area contributed by atoms with Gasteiger partial charge in [0.05, 0.1) is 11.7 Å². The van der Waals surface area contributed by atoms with E-state index in [1.54, 1.807) is 30.3 Å². The van der Waals surface area contributed by atoms with E-state index in [2.05, 4.69) is 0 Å². The van der Waals surface area contributed by atoms with Crippen molar-refractivity contribution < 1.29 is 28.9 Å². The summed E-state index contributed by atoms with van der Waals surface area (Å²) in [7, 11) is 0. The van der Waals surface area contributed by atoms with E-state index in [1.165, 1.54) is 6.92 Å². The lowest BCUT2D eigenvalue weighted by atomic mass is 10.2. The summed E-state index contributed by atoms with van der Waals surface area (Å²) < 4.78 is 15.2. The Morgan fingerprint density at radius 2 is 2.05 bits per heavy atom. The van der Waals surface area contributed by atoms with Gasteiger partial charge in [-0.3, -0.25) is 4.79 Å². The van der Waals surface area contributed by atoms with Gasteiger partial charge in [-0.15, -0.1) is 0 Å². The molecule has 0 amide bonds. The summed E-state index contributed by atoms with van der Waals surface area (Å²) in [5, 5.41) is 9.55. The maximum absolute atomic E-state index is 11.7. The fourth-order valence-electron chi connectivity index (χ4n) is 1.97. The molecule has 1 N–H and O–H groups in total. The number of carbonyl (C=O) groups is 2. The molecule has 6 heteroatoms. The Balaban J connectivity index is 1.81. The molecule has 1 unspecified atom stereocenters. The number of aliphatic hydroxyl groups is 1. The Hall–Kier alpha value is -1.92. The molecule has 1 aromatic rings. The standard InChI is InChI=1S/C14H16O6/c1-9(15)19-12-7-11(20-14(12)17)8-18-13(16)10-5-3-2-4-6-10/h2-6,11-12,14,17H,7-8H2,1H3/t11-,12?,14-/m0/s1. The molecular formula is C14H16O6. The zero-order valence-corrected chi connectivity index (χ0v) is 11.0. The van der Waals surface area contributed by atoms with Crippen molar-refractivity contribution in [1.29, 1.82) is 0 Å². The predicted octanol–water partition coefficient (Wildman–Crippen LogP) is 0.882. The van der Waals surface area contributed by atoms with Crippen molar-refractivity contribution >= 4 is 11.9 Å². The molecule has 1 aliphatic heterocycles. The number of aliphatic hydroxyl groups excluding tert-OH is 1. The molecule has 3 atom stereocenters. The molecule has 1 fully saturated rings. The van der Waals surface area contributed by atoms with E-state index in [-0.39, 0.29) is 6.61 Å². The molecule has 1 aliphatic rings. The van der Waals surface area contributed by atoms with Gasteiger partial charge in [-0.2, -0.15) is 0 Å². The molecule has 20 heavy (non-hydrogen) atoms. The molecule has 0 saturated carbocycles. The second-order valence-corrected chi connectivity index (χ2v) is 4.50. The normalized spacial score (nSPS) is 25.2. The summed E-state index contributed by atoms with van der Waals surface area (Å²) in [4.78, 5) is 22.5. The maximum Gasteiger partial charge on any atom is 0.338 e. The van der Waals surface area contributed by atoms with Crippen LogP contribution in [0.3, 0.4) is 0 Å². The molecule has 2 rings (SSSR count). The Kier molecular flexibility index (Phi) is 4.70. The highest BCUT2D eigenvalue weighted by Gasteiger charge is 2.36. The molecule has 1 saturated heterocycles. The zero-order valence-electron chi connectivity index (χ0n) is 11.0. The largest absolute Gasteiger partial charge is 0.459 e. The van der Waals surface area contributed by atoms with Crippen LogP contribution in [0, 0.1) is 0 Å². The van der Waals surface area contributed by atoms with Gasteiger partial charge in [0.25, 0.3) is 0 Å². The smallest absolute Gasteiger partial charge is 0.338 e. The fourth-order valence-corrected chi connectivity index (χ4v) is 1.97. The van der Waals surface area contributed by atoms with Gasteiger partial charge in [-0.25, -0.2) is 4.79 Å². The lowest BCUT2D eigenvalue weighted by Gasteiger charge is -2.11. The summed E-state index contributed by atoms with van der Waals surface area (Å²) in [5.74, 6) is -0.945. The van der Waals surface area contributed by atoms with Gasteiger partial charge in [-0.1, -0.05) is 18.2 Å². The van der Waals surface area contributed by atoms with E-state index >= 15 is 0 Å². The minimum absolute atomic E-state index is 0.00253. The SMILES string of the molecule is CC(=O)OC1C[C@@H](COC(=O)c2ccccc2)O[C@@H]1O. The summed E-state index contributed by atoms with van der Waals surface area (Å²) >= 11 is 0. The highest BCUT2D eigenvalue weighted by atomic mass is 16.7. The number of rotatable bonds is 4. The highest BCUT2D eigenvalue weighted by molar-refractivity contribution is 5.89. The predicted molar refractivity (Wildman–Crippen MR) is 67.8 cm³/mol. The van der Waals surface area contributed by atoms with Crippen molar-refractivity contribution in [3.63, 3.8) is 0 Å². The second kappa shape index (κ2) is 6.49. The fraction of sp³-hybridized carbons (Fsp3) is 0.429. The minimum atomic E-state index is -1.18. The van der Waals surface area contributed by atoms with Crippen molar-refractivity contribution in [1.82, 2.24) is 0 Å². The summed E-state index contributed by atoms with van der Waals surface area (Å²) in [5.41, 5.74) is 0.447. The maximum atomic E-state index is 11.7. The van der Waals surface area contributed by atoms with Gasteiger partial charge in [0, 0.05) is 13.3 Å². The van der Waals surface area contributed by atoms with Crippen molar-refractivity contribution in [2.45, 2.75) is 31.8 Å². The van der Waals surface area contributed by atoms with Crippen molar-refractivity contribution in [3.8, 4) is 0 Å². The molecule has 1 aromatic carbocycles. The van der Waals surface area contributed by atoms with Crippen LogP contribution in [0.25, 0.3) is 0 Å². The average Bonchev–Trinajstić information content (AvgIpc) is 2.77. The van der Waals surface area contributed by atoms with Crippen LogP contribution in [0.4, 0.5) is 0 Å². The Morgan fingerprint density at radius 1 is 1.35 bits per heavy atom. The van der Waals surface area contributed by atoms with Gasteiger partial charge >= 0.3 is 11.9 Å². The third-order valence-electron chi connectivity index (χ3n) is 2.87. The van der Waals surface area contributed by atoms with E-state index in [0.29, 0.717) is 12.0 Å². The molecule has 0 aliphatic carbocycles. The molecular weight excluding hydrogens is 264 g/mol. The first-order chi connectivity index (χ1) is 9.56. The highest BCUT2D eigenvalue weighted by Crippen LogP contribution is 2.22. The summed E-state index contributed by atoms with van der Waals surface area (Å²) in [6, 6.07) is 8.58. The second-order valence-electron chi connectivity index (χ2n) is 4.50. The summed E-state index contributed by atoms with van der Waals surface area (Å²) in [6.07, 6.45) is -2.09. The lowest BCUT2D eigenvalue weighted by Crippen LogP contribution is -2.25. The molecule has 1 heterocycles. The molecule has 0 spiro atoms. The van der Waals surface area contributed by atoms with Gasteiger partial charge in [0.15, 0.2) is 12.4 Å². The van der Waals surface area contributed by atoms with E-state index < -0.39 is 30.4 Å². The quantitative estimate of drug-likeness (QED) is 0.825. The van der Waals surface area contributed by atoms with Crippen LogP contribution in [0.15, 0.2) is 30.3 Å². The van der Waals surface area contributed by atoms with Crippen LogP contribution in [-0.2, 0) is 19.0 Å². The number of hydrogen-bond donors (Lipinski definition) is 1. The molecule has 0 bridgehead atoms. The van der Waals surface area contributed by atoms with Gasteiger partial charge in [0.2, 0.25) is 0 Å². The van der Waals surface area contributed by atoms with Crippen LogP contribution >= 0.6 is 0 Å². The first-order valence-electron chi connectivity index (χ1n) is 6.29. The number of benzene rings is 1. The van der Waals surface area contributed by atoms with Crippen LogP contribution in [0.2, 0.25) is 0 Å².